The first kappa shape index (κ1) is 11.7. The zero-order chi connectivity index (χ0) is 8.10. The van der Waals surface area contributed by atoms with Crippen molar-refractivity contribution in [3.05, 3.63) is 54.4 Å². The minimum Gasteiger partial charge on any atom is -0.361 e. The Bertz CT molecular complexity index is 264. The predicted molar refractivity (Wildman–Crippen MR) is 44.6 cm³/mol. The summed E-state index contributed by atoms with van der Waals surface area (Å²) < 4.78 is 0. The molecule has 0 amide bonds. The number of hydrogen-bond donors (Lipinski definition) is 0. The van der Waals surface area contributed by atoms with Crippen LogP contribution in [0.5, 0.6) is 0 Å². The molecular formula is C10H9NY-2. The zero-order valence-corrected chi connectivity index (χ0v) is 9.83. The summed E-state index contributed by atoms with van der Waals surface area (Å²) in [6.45, 7) is 7.15. The molecule has 2 heteroatoms. The van der Waals surface area contributed by atoms with Gasteiger partial charge in [-0.05, 0) is 0 Å². The third-order valence-corrected chi connectivity index (χ3v) is 1.24. The van der Waals surface area contributed by atoms with Crippen molar-refractivity contribution in [1.29, 1.82) is 0 Å². The van der Waals surface area contributed by atoms with Gasteiger partial charge >= 0.3 is 0 Å². The Morgan fingerprint density at radius 2 is 2.33 bits per heavy atom. The van der Waals surface area contributed by atoms with Gasteiger partial charge in [0.05, 0.1) is 0 Å². The molecule has 0 fully saturated rings. The molecule has 59 valence electrons. The van der Waals surface area contributed by atoms with Gasteiger partial charge < -0.3 is 18.2 Å². The second kappa shape index (κ2) is 6.27. The van der Waals surface area contributed by atoms with E-state index < -0.39 is 0 Å². The first-order valence-electron chi connectivity index (χ1n) is 3.39. The summed E-state index contributed by atoms with van der Waals surface area (Å²) in [7, 11) is 0. The first-order chi connectivity index (χ1) is 5.33. The third-order valence-electron chi connectivity index (χ3n) is 1.24. The van der Waals surface area contributed by atoms with E-state index in [1.54, 1.807) is 6.20 Å². The van der Waals surface area contributed by atoms with Crippen molar-refractivity contribution in [2.75, 3.05) is 0 Å². The molecule has 0 spiro atoms. The fourth-order valence-electron chi connectivity index (χ4n) is 0.680. The smallest absolute Gasteiger partial charge is 0.0238 e. The van der Waals surface area contributed by atoms with E-state index in [0.29, 0.717) is 0 Å². The Labute approximate surface area is 98.5 Å². The molecule has 0 N–H and O–H groups in total. The Hall–Kier alpha value is -0.266. The van der Waals surface area contributed by atoms with Crippen molar-refractivity contribution >= 4 is 0 Å². The van der Waals surface area contributed by atoms with Crippen LogP contribution in [0.3, 0.4) is 0 Å². The summed E-state index contributed by atoms with van der Waals surface area (Å²) in [6, 6.07) is 5.67. The van der Waals surface area contributed by atoms with Crippen molar-refractivity contribution in [2.24, 2.45) is 0 Å². The van der Waals surface area contributed by atoms with Gasteiger partial charge in [-0.25, -0.2) is 0 Å². The van der Waals surface area contributed by atoms with Crippen molar-refractivity contribution in [3.8, 4) is 0 Å². The molecular weight excluding hydrogens is 223 g/mol. The molecule has 0 saturated heterocycles. The van der Waals surface area contributed by atoms with Crippen LogP contribution in [0.1, 0.15) is 12.6 Å². The Morgan fingerprint density at radius 3 is 2.83 bits per heavy atom. The van der Waals surface area contributed by atoms with Crippen LogP contribution in [0.15, 0.2) is 36.0 Å². The van der Waals surface area contributed by atoms with Gasteiger partial charge in [0.25, 0.3) is 0 Å². The maximum Gasteiger partial charge on any atom is 0.0238 e. The van der Waals surface area contributed by atoms with Crippen molar-refractivity contribution < 1.29 is 32.7 Å². The van der Waals surface area contributed by atoms with E-state index in [1.807, 2.05) is 25.1 Å². The van der Waals surface area contributed by atoms with Crippen molar-refractivity contribution in [1.82, 2.24) is 4.98 Å². The van der Waals surface area contributed by atoms with Crippen LogP contribution in [0.4, 0.5) is 0 Å². The van der Waals surface area contributed by atoms with E-state index in [9.17, 15) is 0 Å². The Morgan fingerprint density at radius 1 is 1.58 bits per heavy atom. The molecule has 0 atom stereocenters. The van der Waals surface area contributed by atoms with Gasteiger partial charge in [0.1, 0.15) is 0 Å². The van der Waals surface area contributed by atoms with Crippen LogP contribution in [-0.4, -0.2) is 4.98 Å². The maximum absolute atomic E-state index is 5.27. The molecule has 0 aliphatic heterocycles. The van der Waals surface area contributed by atoms with Crippen LogP contribution in [0.25, 0.3) is 0 Å². The van der Waals surface area contributed by atoms with E-state index in [1.165, 1.54) is 6.08 Å². The Balaban J connectivity index is 0.00000121. The summed E-state index contributed by atoms with van der Waals surface area (Å²) in [4.78, 5) is 4.06. The molecule has 1 nitrogen and oxygen atoms in total. The SMILES string of the molecule is [CH-]=CC(C)=[C-]c1ccccn1.[Y]. The normalized spacial score (nSPS) is 10.2. The fourth-order valence-corrected chi connectivity index (χ4v) is 0.680. The summed E-state index contributed by atoms with van der Waals surface area (Å²) in [5, 5.41) is 0. The van der Waals surface area contributed by atoms with Gasteiger partial charge in [0, 0.05) is 38.9 Å². The average Bonchev–Trinajstić information content (AvgIpc) is 2.06. The largest absolute Gasteiger partial charge is 0.361 e. The Kier molecular flexibility index (Phi) is 6.13. The van der Waals surface area contributed by atoms with Gasteiger partial charge in [-0.15, -0.1) is 19.1 Å². The van der Waals surface area contributed by atoms with E-state index >= 15 is 0 Å². The molecule has 0 aromatic carbocycles. The molecule has 1 radical (unpaired) electrons. The monoisotopic (exact) mass is 232 g/mol. The minimum absolute atomic E-state index is 0. The summed E-state index contributed by atoms with van der Waals surface area (Å²) in [5.74, 6) is 0. The van der Waals surface area contributed by atoms with Crippen LogP contribution < -0.4 is 0 Å². The topological polar surface area (TPSA) is 12.9 Å². The number of aromatic nitrogens is 1. The number of pyridine rings is 1. The van der Waals surface area contributed by atoms with Crippen molar-refractivity contribution in [2.45, 2.75) is 6.92 Å². The molecule has 1 heterocycles. The second-order valence-corrected chi connectivity index (χ2v) is 2.19. The quantitative estimate of drug-likeness (QED) is 0.562. The zero-order valence-electron chi connectivity index (χ0n) is 6.99. The molecule has 12 heavy (non-hydrogen) atoms. The standard InChI is InChI=1S/C10H9N.Y/c1-3-9(2)8-10-6-4-5-7-11-10;/h1,3-7H,2H3;/q-2;. The van der Waals surface area contributed by atoms with Gasteiger partial charge in [0.15, 0.2) is 0 Å². The molecule has 0 saturated carbocycles. The fraction of sp³-hybridized carbons (Fsp3) is 0.100. The van der Waals surface area contributed by atoms with E-state index in [-0.39, 0.29) is 32.7 Å². The van der Waals surface area contributed by atoms with Gasteiger partial charge in [-0.1, -0.05) is 11.8 Å². The summed E-state index contributed by atoms with van der Waals surface area (Å²) >= 11 is 0. The molecule has 0 aliphatic rings. The summed E-state index contributed by atoms with van der Waals surface area (Å²) in [5.41, 5.74) is 1.70. The van der Waals surface area contributed by atoms with Crippen LogP contribution in [0, 0.1) is 12.7 Å². The van der Waals surface area contributed by atoms with E-state index in [4.69, 9.17) is 6.58 Å². The molecule has 0 unspecified atom stereocenters. The summed E-state index contributed by atoms with van der Waals surface area (Å²) in [6.07, 6.45) is 6.25. The molecule has 0 aliphatic carbocycles. The van der Waals surface area contributed by atoms with Crippen LogP contribution in [-0.2, 0) is 32.7 Å². The average molecular weight is 232 g/mol. The molecule has 0 bridgehead atoms. The van der Waals surface area contributed by atoms with Gasteiger partial charge in [-0.3, -0.25) is 11.1 Å². The van der Waals surface area contributed by atoms with Gasteiger partial charge in [0.2, 0.25) is 0 Å². The minimum atomic E-state index is 0. The number of hydrogen-bond acceptors (Lipinski definition) is 1. The number of rotatable bonds is 2. The molecule has 1 rings (SSSR count). The molecule has 1 aromatic heterocycles. The number of nitrogens with zero attached hydrogens (tertiary/aromatic N) is 1. The number of allylic oxidation sites excluding steroid dienone is 2. The van der Waals surface area contributed by atoms with Crippen molar-refractivity contribution in [3.63, 3.8) is 0 Å². The van der Waals surface area contributed by atoms with Gasteiger partial charge in [-0.2, -0.15) is 0 Å². The second-order valence-electron chi connectivity index (χ2n) is 2.19. The maximum atomic E-state index is 5.27. The van der Waals surface area contributed by atoms with E-state index in [0.717, 1.165) is 11.3 Å². The third kappa shape index (κ3) is 3.94. The van der Waals surface area contributed by atoms with Crippen LogP contribution >= 0.6 is 0 Å². The van der Waals surface area contributed by atoms with E-state index in [2.05, 4.69) is 11.1 Å². The molecule has 1 aromatic rings. The first-order valence-corrected chi connectivity index (χ1v) is 3.39. The van der Waals surface area contributed by atoms with Crippen LogP contribution in [0.2, 0.25) is 0 Å². The predicted octanol–water partition coefficient (Wildman–Crippen LogP) is 2.17.